The van der Waals surface area contributed by atoms with E-state index in [2.05, 4.69) is 0 Å². The summed E-state index contributed by atoms with van der Waals surface area (Å²) in [6, 6.07) is 4.51. The largest absolute Gasteiger partial charge is 0.494 e. The zero-order valence-corrected chi connectivity index (χ0v) is 11.8. The molecule has 1 N–H and O–H groups in total. The molecule has 0 unspecified atom stereocenters. The lowest BCUT2D eigenvalue weighted by Gasteiger charge is -2.18. The van der Waals surface area contributed by atoms with Crippen LogP contribution in [0.4, 0.5) is 4.39 Å². The van der Waals surface area contributed by atoms with Crippen LogP contribution in [0.3, 0.4) is 0 Å². The lowest BCUT2D eigenvalue weighted by molar-refractivity contribution is -0.125. The minimum Gasteiger partial charge on any atom is -0.494 e. The zero-order valence-electron chi connectivity index (χ0n) is 11.8. The molecule has 4 nitrogen and oxygen atoms in total. The van der Waals surface area contributed by atoms with Crippen molar-refractivity contribution in [2.45, 2.75) is 13.3 Å². The summed E-state index contributed by atoms with van der Waals surface area (Å²) in [6.07, 6.45) is 3.51. The van der Waals surface area contributed by atoms with E-state index in [0.29, 0.717) is 25.1 Å². The lowest BCUT2D eigenvalue weighted by atomic mass is 10.2. The number of carbonyl (C=O) groups excluding carboxylic acids is 1. The molecule has 0 saturated carbocycles. The lowest BCUT2D eigenvalue weighted by Crippen LogP contribution is -2.30. The summed E-state index contributed by atoms with van der Waals surface area (Å²) in [5.74, 6) is -0.446. The van der Waals surface area contributed by atoms with E-state index in [1.807, 2.05) is 6.92 Å². The van der Waals surface area contributed by atoms with Gasteiger partial charge in [-0.15, -0.1) is 0 Å². The van der Waals surface area contributed by atoms with Crippen molar-refractivity contribution in [2.24, 2.45) is 0 Å². The minimum absolute atomic E-state index is 0.0528. The summed E-state index contributed by atoms with van der Waals surface area (Å²) in [7, 11) is 1.40. The van der Waals surface area contributed by atoms with Crippen LogP contribution in [0, 0.1) is 5.82 Å². The number of ether oxygens (including phenoxy) is 1. The molecule has 0 radical (unpaired) electrons. The van der Waals surface area contributed by atoms with Gasteiger partial charge in [-0.3, -0.25) is 4.79 Å². The van der Waals surface area contributed by atoms with Crippen molar-refractivity contribution in [3.05, 3.63) is 35.7 Å². The highest BCUT2D eigenvalue weighted by atomic mass is 19.1. The fourth-order valence-electron chi connectivity index (χ4n) is 1.74. The van der Waals surface area contributed by atoms with Crippen molar-refractivity contribution in [3.63, 3.8) is 0 Å². The number of aliphatic hydroxyl groups excluding tert-OH is 1. The van der Waals surface area contributed by atoms with Crippen LogP contribution >= 0.6 is 0 Å². The molecule has 0 bridgehead atoms. The number of rotatable bonds is 7. The zero-order chi connectivity index (χ0) is 15.0. The number of aliphatic hydroxyl groups is 1. The fourth-order valence-corrected chi connectivity index (χ4v) is 1.74. The number of hydrogen-bond acceptors (Lipinski definition) is 3. The Kier molecular flexibility index (Phi) is 6.73. The Labute approximate surface area is 118 Å². The van der Waals surface area contributed by atoms with Gasteiger partial charge in [-0.1, -0.05) is 6.07 Å². The van der Waals surface area contributed by atoms with Crippen molar-refractivity contribution in [2.75, 3.05) is 26.8 Å². The van der Waals surface area contributed by atoms with Crippen LogP contribution in [0.5, 0.6) is 5.75 Å². The Morgan fingerprint density at radius 3 is 2.80 bits per heavy atom. The molecule has 5 heteroatoms. The first-order valence-electron chi connectivity index (χ1n) is 6.53. The van der Waals surface area contributed by atoms with Crippen molar-refractivity contribution in [3.8, 4) is 5.75 Å². The van der Waals surface area contributed by atoms with Gasteiger partial charge < -0.3 is 14.7 Å². The Balaban J connectivity index is 2.70. The molecule has 0 saturated heterocycles. The minimum atomic E-state index is -0.463. The molecule has 0 spiro atoms. The SMILES string of the molecule is CCN(CCCO)C(=O)/C=C/c1ccc(OC)c(F)c1. The molecule has 0 fully saturated rings. The third-order valence-corrected chi connectivity index (χ3v) is 2.87. The Hall–Kier alpha value is -1.88. The van der Waals surface area contributed by atoms with Crippen LogP contribution < -0.4 is 4.74 Å². The number of nitrogens with zero attached hydrogens (tertiary/aromatic N) is 1. The average Bonchev–Trinajstić information content (AvgIpc) is 2.46. The van der Waals surface area contributed by atoms with Crippen molar-refractivity contribution in [1.82, 2.24) is 4.90 Å². The quantitative estimate of drug-likeness (QED) is 0.778. The second-order valence-corrected chi connectivity index (χ2v) is 4.22. The molecule has 0 aliphatic rings. The number of halogens is 1. The van der Waals surface area contributed by atoms with Gasteiger partial charge in [0.15, 0.2) is 11.6 Å². The van der Waals surface area contributed by atoms with Crippen LogP contribution in [0.1, 0.15) is 18.9 Å². The second-order valence-electron chi connectivity index (χ2n) is 4.22. The van der Waals surface area contributed by atoms with E-state index in [-0.39, 0.29) is 18.3 Å². The predicted octanol–water partition coefficient (Wildman–Crippen LogP) is 2.08. The highest BCUT2D eigenvalue weighted by Gasteiger charge is 2.07. The van der Waals surface area contributed by atoms with Gasteiger partial charge in [0.05, 0.1) is 7.11 Å². The summed E-state index contributed by atoms with van der Waals surface area (Å²) >= 11 is 0. The molecule has 1 amide bonds. The first-order chi connectivity index (χ1) is 9.62. The summed E-state index contributed by atoms with van der Waals surface area (Å²) < 4.78 is 18.3. The van der Waals surface area contributed by atoms with Gasteiger partial charge in [0, 0.05) is 25.8 Å². The highest BCUT2D eigenvalue weighted by molar-refractivity contribution is 5.91. The number of amides is 1. The standard InChI is InChI=1S/C15H20FNO3/c1-3-17(9-4-10-18)15(19)8-6-12-5-7-14(20-2)13(16)11-12/h5-8,11,18H,3-4,9-10H2,1-2H3/b8-6+. The van der Waals surface area contributed by atoms with Gasteiger partial charge >= 0.3 is 0 Å². The van der Waals surface area contributed by atoms with Crippen LogP contribution in [-0.2, 0) is 4.79 Å². The Morgan fingerprint density at radius 2 is 2.25 bits per heavy atom. The van der Waals surface area contributed by atoms with Gasteiger partial charge in [-0.05, 0) is 37.1 Å². The number of methoxy groups -OCH3 is 1. The van der Waals surface area contributed by atoms with Gasteiger partial charge in [-0.25, -0.2) is 4.39 Å². The van der Waals surface area contributed by atoms with Gasteiger partial charge in [-0.2, -0.15) is 0 Å². The predicted molar refractivity (Wildman–Crippen MR) is 75.9 cm³/mol. The average molecular weight is 281 g/mol. The maximum atomic E-state index is 13.5. The molecule has 1 aromatic carbocycles. The second kappa shape index (κ2) is 8.32. The van der Waals surface area contributed by atoms with Crippen LogP contribution in [0.2, 0.25) is 0 Å². The summed E-state index contributed by atoms with van der Waals surface area (Å²) in [4.78, 5) is 13.5. The smallest absolute Gasteiger partial charge is 0.246 e. The molecule has 0 aliphatic carbocycles. The third kappa shape index (κ3) is 4.66. The maximum absolute atomic E-state index is 13.5. The van der Waals surface area contributed by atoms with E-state index in [9.17, 15) is 9.18 Å². The number of likely N-dealkylation sites (N-methyl/N-ethyl adjacent to an activating group) is 1. The van der Waals surface area contributed by atoms with Crippen LogP contribution in [-0.4, -0.2) is 42.7 Å². The summed E-state index contributed by atoms with van der Waals surface area (Å²) in [5, 5.41) is 8.77. The normalized spacial score (nSPS) is 10.8. The van der Waals surface area contributed by atoms with E-state index < -0.39 is 5.82 Å². The first-order valence-corrected chi connectivity index (χ1v) is 6.53. The van der Waals surface area contributed by atoms with E-state index in [0.717, 1.165) is 0 Å². The van der Waals surface area contributed by atoms with Gasteiger partial charge in [0.2, 0.25) is 5.91 Å². The van der Waals surface area contributed by atoms with Crippen molar-refractivity contribution < 1.29 is 19.0 Å². The first kappa shape index (κ1) is 16.2. The number of benzene rings is 1. The highest BCUT2D eigenvalue weighted by Crippen LogP contribution is 2.18. The van der Waals surface area contributed by atoms with Crippen molar-refractivity contribution in [1.29, 1.82) is 0 Å². The molecule has 20 heavy (non-hydrogen) atoms. The van der Waals surface area contributed by atoms with Crippen LogP contribution in [0.25, 0.3) is 6.08 Å². The molecular formula is C15H20FNO3. The fraction of sp³-hybridized carbons (Fsp3) is 0.400. The van der Waals surface area contributed by atoms with E-state index >= 15 is 0 Å². The summed E-state index contributed by atoms with van der Waals surface area (Å²) in [6.45, 7) is 3.00. The van der Waals surface area contributed by atoms with E-state index in [4.69, 9.17) is 9.84 Å². The topological polar surface area (TPSA) is 49.8 Å². The van der Waals surface area contributed by atoms with Gasteiger partial charge in [0.1, 0.15) is 0 Å². The number of carbonyl (C=O) groups is 1. The van der Waals surface area contributed by atoms with Gasteiger partial charge in [0.25, 0.3) is 0 Å². The maximum Gasteiger partial charge on any atom is 0.246 e. The molecule has 0 aliphatic heterocycles. The van der Waals surface area contributed by atoms with E-state index in [1.54, 1.807) is 17.0 Å². The molecule has 1 aromatic rings. The molecule has 0 heterocycles. The van der Waals surface area contributed by atoms with Crippen LogP contribution in [0.15, 0.2) is 24.3 Å². The monoisotopic (exact) mass is 281 g/mol. The Bertz CT molecular complexity index is 474. The third-order valence-electron chi connectivity index (χ3n) is 2.87. The van der Waals surface area contributed by atoms with Crippen molar-refractivity contribution >= 4 is 12.0 Å². The molecule has 1 rings (SSSR count). The molecule has 110 valence electrons. The summed E-state index contributed by atoms with van der Waals surface area (Å²) in [5.41, 5.74) is 0.592. The Morgan fingerprint density at radius 1 is 1.50 bits per heavy atom. The number of hydrogen-bond donors (Lipinski definition) is 1. The molecular weight excluding hydrogens is 261 g/mol. The van der Waals surface area contributed by atoms with E-state index in [1.165, 1.54) is 25.3 Å². The molecule has 0 atom stereocenters. The molecule has 0 aromatic heterocycles.